The summed E-state index contributed by atoms with van der Waals surface area (Å²) >= 11 is 0. The lowest BCUT2D eigenvalue weighted by atomic mass is 10.4. The number of ether oxygens (including phenoxy) is 1. The van der Waals surface area contributed by atoms with Crippen molar-refractivity contribution in [3.8, 4) is 0 Å². The van der Waals surface area contributed by atoms with Crippen LogP contribution in [0.1, 0.15) is 20.3 Å². The molecular weight excluding hydrogens is 158 g/mol. The molecule has 1 heterocycles. The van der Waals surface area contributed by atoms with Gasteiger partial charge >= 0.3 is 6.02 Å². The summed E-state index contributed by atoms with van der Waals surface area (Å²) in [4.78, 5) is 14.4. The van der Waals surface area contributed by atoms with Gasteiger partial charge in [-0.1, -0.05) is 6.92 Å². The van der Waals surface area contributed by atoms with Gasteiger partial charge in [-0.25, -0.2) is 4.99 Å². The van der Waals surface area contributed by atoms with Crippen LogP contribution in [0.5, 0.6) is 0 Å². The lowest BCUT2D eigenvalue weighted by molar-refractivity contribution is -0.115. The van der Waals surface area contributed by atoms with Gasteiger partial charge < -0.3 is 4.74 Å². The summed E-state index contributed by atoms with van der Waals surface area (Å²) in [5.74, 6) is 0.0212. The highest BCUT2D eigenvalue weighted by Gasteiger charge is 2.17. The number of nitrogens with one attached hydrogen (secondary N) is 2. The molecule has 0 amide bonds. The SMILES string of the molecule is CCC1NNC(=NCC(C)=O)O1. The summed E-state index contributed by atoms with van der Waals surface area (Å²) in [5.41, 5.74) is 5.60. The quantitative estimate of drug-likeness (QED) is 0.617. The molecule has 1 aliphatic heterocycles. The normalized spacial score (nSPS) is 25.2. The van der Waals surface area contributed by atoms with Crippen molar-refractivity contribution in [1.29, 1.82) is 0 Å². The Balaban J connectivity index is 2.35. The Hall–Kier alpha value is -1.10. The summed E-state index contributed by atoms with van der Waals surface area (Å²) in [6, 6.07) is 0.400. The standard InChI is InChI=1S/C7H13N3O2/c1-3-6-9-10-7(12-6)8-4-5(2)11/h6,9H,3-4H2,1-2H3,(H,8,10). The van der Waals surface area contributed by atoms with Crippen molar-refractivity contribution in [2.75, 3.05) is 6.54 Å². The van der Waals surface area contributed by atoms with Crippen LogP contribution in [0.25, 0.3) is 0 Å². The van der Waals surface area contributed by atoms with E-state index in [-0.39, 0.29) is 18.6 Å². The molecular formula is C7H13N3O2. The van der Waals surface area contributed by atoms with E-state index in [4.69, 9.17) is 4.74 Å². The first-order valence-electron chi connectivity index (χ1n) is 3.94. The van der Waals surface area contributed by atoms with Gasteiger partial charge in [-0.05, 0) is 13.3 Å². The zero-order valence-corrected chi connectivity index (χ0v) is 7.26. The van der Waals surface area contributed by atoms with Crippen molar-refractivity contribution in [2.24, 2.45) is 4.99 Å². The fourth-order valence-electron chi connectivity index (χ4n) is 0.781. The van der Waals surface area contributed by atoms with Gasteiger partial charge in [0.15, 0.2) is 12.0 Å². The Bertz CT molecular complexity index is 203. The second kappa shape index (κ2) is 4.06. The highest BCUT2D eigenvalue weighted by atomic mass is 16.5. The molecule has 2 N–H and O–H groups in total. The highest BCUT2D eigenvalue weighted by Crippen LogP contribution is 1.98. The molecule has 1 fully saturated rings. The van der Waals surface area contributed by atoms with Crippen molar-refractivity contribution in [2.45, 2.75) is 26.5 Å². The second-order valence-corrected chi connectivity index (χ2v) is 2.61. The summed E-state index contributed by atoms with van der Waals surface area (Å²) in [6.07, 6.45) is 0.822. The predicted molar refractivity (Wildman–Crippen MR) is 44.4 cm³/mol. The number of hydrazine groups is 1. The monoisotopic (exact) mass is 171 g/mol. The van der Waals surface area contributed by atoms with Gasteiger partial charge in [-0.2, -0.15) is 5.43 Å². The third-order valence-corrected chi connectivity index (χ3v) is 1.41. The molecule has 1 saturated heterocycles. The Labute approximate surface area is 71.2 Å². The molecule has 12 heavy (non-hydrogen) atoms. The molecule has 0 radical (unpaired) electrons. The maximum atomic E-state index is 10.5. The molecule has 0 aliphatic carbocycles. The highest BCUT2D eigenvalue weighted by molar-refractivity contribution is 5.82. The van der Waals surface area contributed by atoms with Crippen molar-refractivity contribution in [1.82, 2.24) is 10.9 Å². The van der Waals surface area contributed by atoms with Crippen molar-refractivity contribution >= 4 is 11.8 Å². The number of aliphatic imine (C=N–C) groups is 1. The summed E-state index contributed by atoms with van der Waals surface area (Å²) in [7, 11) is 0. The van der Waals surface area contributed by atoms with E-state index in [9.17, 15) is 4.79 Å². The molecule has 1 unspecified atom stereocenters. The molecule has 0 saturated carbocycles. The van der Waals surface area contributed by atoms with Crippen molar-refractivity contribution < 1.29 is 9.53 Å². The van der Waals surface area contributed by atoms with Crippen LogP contribution in [-0.2, 0) is 9.53 Å². The van der Waals surface area contributed by atoms with Crippen molar-refractivity contribution in [3.63, 3.8) is 0 Å². The third kappa shape index (κ3) is 2.50. The van der Waals surface area contributed by atoms with E-state index in [1.54, 1.807) is 0 Å². The number of hydrogen-bond acceptors (Lipinski definition) is 4. The van der Waals surface area contributed by atoms with E-state index in [2.05, 4.69) is 15.8 Å². The first kappa shape index (κ1) is 8.99. The molecule has 5 heteroatoms. The maximum Gasteiger partial charge on any atom is 0.301 e. The van der Waals surface area contributed by atoms with Crippen LogP contribution < -0.4 is 10.9 Å². The van der Waals surface area contributed by atoms with E-state index in [0.717, 1.165) is 6.42 Å². The van der Waals surface area contributed by atoms with Crippen LogP contribution in [0.15, 0.2) is 4.99 Å². The van der Waals surface area contributed by atoms with Crippen LogP contribution in [0.2, 0.25) is 0 Å². The number of Topliss-reactive ketones (excluding diaryl/α,β-unsaturated/α-hetero) is 1. The number of carbonyl (C=O) groups excluding carboxylic acids is 1. The predicted octanol–water partition coefficient (Wildman–Crippen LogP) is -0.208. The van der Waals surface area contributed by atoms with E-state index in [1.165, 1.54) is 6.92 Å². The van der Waals surface area contributed by atoms with Gasteiger partial charge in [0.2, 0.25) is 0 Å². The van der Waals surface area contributed by atoms with Gasteiger partial charge in [-0.3, -0.25) is 10.2 Å². The van der Waals surface area contributed by atoms with Gasteiger partial charge in [0.1, 0.15) is 6.54 Å². The Kier molecular flexibility index (Phi) is 3.04. The zero-order valence-electron chi connectivity index (χ0n) is 7.26. The molecule has 0 spiro atoms. The van der Waals surface area contributed by atoms with E-state index >= 15 is 0 Å². The topological polar surface area (TPSA) is 62.7 Å². The van der Waals surface area contributed by atoms with Gasteiger partial charge in [-0.15, -0.1) is 0 Å². The Morgan fingerprint density at radius 2 is 2.50 bits per heavy atom. The summed E-state index contributed by atoms with van der Waals surface area (Å²) in [5, 5.41) is 0. The minimum atomic E-state index is -0.0318. The third-order valence-electron chi connectivity index (χ3n) is 1.41. The molecule has 1 atom stereocenters. The maximum absolute atomic E-state index is 10.5. The second-order valence-electron chi connectivity index (χ2n) is 2.61. The fraction of sp³-hybridized carbons (Fsp3) is 0.714. The molecule has 0 bridgehead atoms. The number of rotatable bonds is 3. The molecule has 68 valence electrons. The number of nitrogens with zero attached hydrogens (tertiary/aromatic N) is 1. The van der Waals surface area contributed by atoms with E-state index in [0.29, 0.717) is 6.02 Å². The lowest BCUT2D eigenvalue weighted by Gasteiger charge is -2.02. The zero-order chi connectivity index (χ0) is 8.97. The first-order chi connectivity index (χ1) is 5.72. The van der Waals surface area contributed by atoms with Gasteiger partial charge in [0, 0.05) is 0 Å². The van der Waals surface area contributed by atoms with Crippen LogP contribution in [0, 0.1) is 0 Å². The number of carbonyl (C=O) groups is 1. The number of ketones is 1. The van der Waals surface area contributed by atoms with Crippen LogP contribution in [0.3, 0.4) is 0 Å². The van der Waals surface area contributed by atoms with Crippen LogP contribution in [-0.4, -0.2) is 24.6 Å². The fourth-order valence-corrected chi connectivity index (χ4v) is 0.781. The Morgan fingerprint density at radius 1 is 1.75 bits per heavy atom. The molecule has 0 aromatic carbocycles. The van der Waals surface area contributed by atoms with Crippen LogP contribution in [0.4, 0.5) is 0 Å². The molecule has 1 rings (SSSR count). The number of amidine groups is 1. The van der Waals surface area contributed by atoms with Crippen LogP contribution >= 0.6 is 0 Å². The molecule has 5 nitrogen and oxygen atoms in total. The minimum Gasteiger partial charge on any atom is -0.444 e. The van der Waals surface area contributed by atoms with Gasteiger partial charge in [0.25, 0.3) is 0 Å². The number of hydrogen-bond donors (Lipinski definition) is 2. The summed E-state index contributed by atoms with van der Waals surface area (Å²) in [6.45, 7) is 3.65. The average Bonchev–Trinajstić information content (AvgIpc) is 2.48. The largest absolute Gasteiger partial charge is 0.444 e. The molecule has 0 aromatic rings. The summed E-state index contributed by atoms with van der Waals surface area (Å²) < 4.78 is 5.24. The van der Waals surface area contributed by atoms with E-state index < -0.39 is 0 Å². The smallest absolute Gasteiger partial charge is 0.301 e. The van der Waals surface area contributed by atoms with E-state index in [1.807, 2.05) is 6.92 Å². The first-order valence-corrected chi connectivity index (χ1v) is 3.94. The van der Waals surface area contributed by atoms with Crippen molar-refractivity contribution in [3.05, 3.63) is 0 Å². The molecule has 0 aromatic heterocycles. The minimum absolute atomic E-state index is 0.0212. The lowest BCUT2D eigenvalue weighted by Crippen LogP contribution is -2.31. The molecule has 1 aliphatic rings. The van der Waals surface area contributed by atoms with Gasteiger partial charge in [0.05, 0.1) is 0 Å². The Morgan fingerprint density at radius 3 is 3.00 bits per heavy atom. The average molecular weight is 171 g/mol.